The third-order valence-electron chi connectivity index (χ3n) is 3.85. The van der Waals surface area contributed by atoms with Crippen molar-refractivity contribution in [2.75, 3.05) is 5.32 Å². The molecule has 0 atom stereocenters. The van der Waals surface area contributed by atoms with Gasteiger partial charge in [-0.15, -0.1) is 6.42 Å². The maximum absolute atomic E-state index is 14.4. The predicted molar refractivity (Wildman–Crippen MR) is 99.0 cm³/mol. The molecule has 0 aliphatic rings. The number of hydrogen-bond donors (Lipinski definition) is 1. The first kappa shape index (κ1) is 16.9. The van der Waals surface area contributed by atoms with E-state index in [1.165, 1.54) is 34.6 Å². The zero-order valence-corrected chi connectivity index (χ0v) is 14.4. The maximum atomic E-state index is 14.4. The molecule has 4 rings (SSSR count). The molecule has 27 heavy (non-hydrogen) atoms. The Balaban J connectivity index is 1.67. The summed E-state index contributed by atoms with van der Waals surface area (Å²) in [7, 11) is 0. The predicted octanol–water partition coefficient (Wildman–Crippen LogP) is 3.99. The minimum Gasteiger partial charge on any atom is -0.306 e. The van der Waals surface area contributed by atoms with Crippen LogP contribution >= 0.6 is 11.3 Å². The highest BCUT2D eigenvalue weighted by atomic mass is 32.1. The number of carbonyl (C=O) groups excluding carboxylic acids is 1. The summed E-state index contributed by atoms with van der Waals surface area (Å²) >= 11 is 1.17. The van der Waals surface area contributed by atoms with Crippen molar-refractivity contribution in [3.8, 4) is 18.0 Å². The Morgan fingerprint density at radius 1 is 1.26 bits per heavy atom. The molecule has 0 aliphatic heterocycles. The lowest BCUT2D eigenvalue weighted by molar-refractivity contribution is 0.101. The van der Waals surface area contributed by atoms with E-state index in [1.807, 2.05) is 0 Å². The van der Waals surface area contributed by atoms with Crippen molar-refractivity contribution in [1.29, 1.82) is 0 Å². The zero-order chi connectivity index (χ0) is 19.0. The fraction of sp³-hybridized carbons (Fsp3) is 0. The van der Waals surface area contributed by atoms with Crippen LogP contribution in [0.5, 0.6) is 0 Å². The Morgan fingerprint density at radius 2 is 2.04 bits per heavy atom. The second kappa shape index (κ2) is 6.63. The van der Waals surface area contributed by atoms with E-state index >= 15 is 0 Å². The molecule has 0 bridgehead atoms. The molecule has 2 heterocycles. The molecule has 4 aromatic rings. The number of amides is 1. The Hall–Kier alpha value is -3.57. The molecule has 0 fully saturated rings. The topological polar surface area (TPSA) is 59.8 Å². The van der Waals surface area contributed by atoms with Gasteiger partial charge in [0.05, 0.1) is 27.8 Å². The van der Waals surface area contributed by atoms with E-state index in [4.69, 9.17) is 6.42 Å². The Bertz CT molecular complexity index is 1190. The highest BCUT2D eigenvalue weighted by Gasteiger charge is 2.21. The van der Waals surface area contributed by atoms with Crippen LogP contribution in [0.15, 0.2) is 49.1 Å². The van der Waals surface area contributed by atoms with E-state index in [-0.39, 0.29) is 10.8 Å². The molecule has 8 heteroatoms. The van der Waals surface area contributed by atoms with Crippen molar-refractivity contribution in [2.45, 2.75) is 0 Å². The van der Waals surface area contributed by atoms with Gasteiger partial charge in [-0.05, 0) is 24.3 Å². The fourth-order valence-corrected chi connectivity index (χ4v) is 3.50. The van der Waals surface area contributed by atoms with E-state index in [1.54, 1.807) is 18.2 Å². The average molecular weight is 380 g/mol. The highest BCUT2D eigenvalue weighted by Crippen LogP contribution is 2.29. The summed E-state index contributed by atoms with van der Waals surface area (Å²) in [5.74, 6) is -0.386. The molecular formula is C19H10F2N4OS. The van der Waals surface area contributed by atoms with E-state index in [9.17, 15) is 13.6 Å². The first-order valence-corrected chi connectivity index (χ1v) is 8.53. The van der Waals surface area contributed by atoms with Gasteiger partial charge in [0.15, 0.2) is 5.13 Å². The van der Waals surface area contributed by atoms with E-state index in [0.29, 0.717) is 11.1 Å². The number of thiazole rings is 1. The molecule has 132 valence electrons. The van der Waals surface area contributed by atoms with Crippen molar-refractivity contribution < 1.29 is 13.6 Å². The number of carbonyl (C=O) groups is 1. The van der Waals surface area contributed by atoms with Crippen LogP contribution in [-0.2, 0) is 0 Å². The van der Waals surface area contributed by atoms with Crippen LogP contribution in [0, 0.1) is 24.0 Å². The summed E-state index contributed by atoms with van der Waals surface area (Å²) in [5, 5.41) is 2.64. The number of nitrogens with one attached hydrogen (secondary N) is 1. The summed E-state index contributed by atoms with van der Waals surface area (Å²) in [5.41, 5.74) is 0.663. The number of hydrogen-bond acceptors (Lipinski definition) is 4. The van der Waals surface area contributed by atoms with Gasteiger partial charge in [0.1, 0.15) is 17.2 Å². The van der Waals surface area contributed by atoms with Gasteiger partial charge < -0.3 is 4.57 Å². The normalized spacial score (nSPS) is 10.7. The first-order valence-electron chi connectivity index (χ1n) is 7.71. The fourth-order valence-electron chi connectivity index (χ4n) is 2.62. The van der Waals surface area contributed by atoms with Crippen molar-refractivity contribution in [1.82, 2.24) is 14.5 Å². The van der Waals surface area contributed by atoms with Crippen LogP contribution in [0.2, 0.25) is 0 Å². The smallest absolute Gasteiger partial charge is 0.263 e. The molecule has 1 N–H and O–H groups in total. The largest absolute Gasteiger partial charge is 0.306 e. The monoisotopic (exact) mass is 380 g/mol. The second-order valence-corrected chi connectivity index (χ2v) is 6.55. The average Bonchev–Trinajstić information content (AvgIpc) is 3.30. The lowest BCUT2D eigenvalue weighted by atomic mass is 10.1. The van der Waals surface area contributed by atoms with Crippen LogP contribution in [0.1, 0.15) is 15.9 Å². The number of halogens is 2. The first-order chi connectivity index (χ1) is 13.1. The minimum absolute atomic E-state index is 0.204. The number of terminal acetylenes is 1. The molecule has 1 amide bonds. The molecule has 2 aromatic carbocycles. The number of rotatable bonds is 3. The lowest BCUT2D eigenvalue weighted by Crippen LogP contribution is -2.16. The van der Waals surface area contributed by atoms with E-state index in [2.05, 4.69) is 21.2 Å². The maximum Gasteiger partial charge on any atom is 0.263 e. The standard InChI is InChI=1S/C19H10F2N4OS/c1-2-11-4-3-5-15-17(11)23-19(27-15)24-18(26)16-13(20)8-12(9-14(16)21)25-7-6-22-10-25/h1,3-10H,(H,23,24,26). The van der Waals surface area contributed by atoms with Crippen LogP contribution in [-0.4, -0.2) is 20.4 Å². The summed E-state index contributed by atoms with van der Waals surface area (Å²) in [6.07, 6.45) is 9.85. The number of para-hydroxylation sites is 1. The Labute approximate surface area is 156 Å². The van der Waals surface area contributed by atoms with Gasteiger partial charge >= 0.3 is 0 Å². The Kier molecular flexibility index (Phi) is 4.14. The van der Waals surface area contributed by atoms with Crippen molar-refractivity contribution in [3.05, 3.63) is 71.8 Å². The minimum atomic E-state index is -0.985. The summed E-state index contributed by atoms with van der Waals surface area (Å²) in [6.45, 7) is 0. The SMILES string of the molecule is C#Cc1cccc2sc(NC(=O)c3c(F)cc(-n4ccnc4)cc3F)nc12. The number of aromatic nitrogens is 3. The van der Waals surface area contributed by atoms with Crippen LogP contribution in [0.25, 0.3) is 15.9 Å². The molecule has 0 radical (unpaired) electrons. The zero-order valence-electron chi connectivity index (χ0n) is 13.6. The van der Waals surface area contributed by atoms with Gasteiger partial charge in [-0.2, -0.15) is 0 Å². The summed E-state index contributed by atoms with van der Waals surface area (Å²) < 4.78 is 31.0. The van der Waals surface area contributed by atoms with Gasteiger partial charge in [0.25, 0.3) is 5.91 Å². The summed E-state index contributed by atoms with van der Waals surface area (Å²) in [6, 6.07) is 7.42. The van der Waals surface area contributed by atoms with E-state index in [0.717, 1.165) is 16.8 Å². The third kappa shape index (κ3) is 3.05. The molecule has 0 unspecified atom stereocenters. The second-order valence-electron chi connectivity index (χ2n) is 5.52. The summed E-state index contributed by atoms with van der Waals surface area (Å²) in [4.78, 5) is 20.5. The van der Waals surface area contributed by atoms with Crippen molar-refractivity contribution in [3.63, 3.8) is 0 Å². The van der Waals surface area contributed by atoms with Crippen molar-refractivity contribution >= 4 is 32.6 Å². The molecule has 0 saturated heterocycles. The van der Waals surface area contributed by atoms with Crippen LogP contribution in [0.4, 0.5) is 13.9 Å². The van der Waals surface area contributed by atoms with Gasteiger partial charge in [-0.1, -0.05) is 23.3 Å². The van der Waals surface area contributed by atoms with E-state index < -0.39 is 23.1 Å². The van der Waals surface area contributed by atoms with Crippen LogP contribution < -0.4 is 5.32 Å². The van der Waals surface area contributed by atoms with Gasteiger partial charge in [0, 0.05) is 12.4 Å². The number of imidazole rings is 1. The lowest BCUT2D eigenvalue weighted by Gasteiger charge is -2.08. The highest BCUT2D eigenvalue weighted by molar-refractivity contribution is 7.22. The molecule has 5 nitrogen and oxygen atoms in total. The molecule has 0 aliphatic carbocycles. The molecule has 0 saturated carbocycles. The number of anilines is 1. The molecular weight excluding hydrogens is 370 g/mol. The molecule has 0 spiro atoms. The van der Waals surface area contributed by atoms with Gasteiger partial charge in [-0.3, -0.25) is 10.1 Å². The van der Waals surface area contributed by atoms with Crippen molar-refractivity contribution in [2.24, 2.45) is 0 Å². The number of benzene rings is 2. The molecule has 2 aromatic heterocycles. The Morgan fingerprint density at radius 3 is 2.70 bits per heavy atom. The van der Waals surface area contributed by atoms with Gasteiger partial charge in [-0.25, -0.2) is 18.7 Å². The number of nitrogens with zero attached hydrogens (tertiary/aromatic N) is 3. The van der Waals surface area contributed by atoms with Crippen LogP contribution in [0.3, 0.4) is 0 Å². The quantitative estimate of drug-likeness (QED) is 0.547. The third-order valence-corrected chi connectivity index (χ3v) is 4.79. The number of fused-ring (bicyclic) bond motifs is 1. The van der Waals surface area contributed by atoms with Gasteiger partial charge in [0.2, 0.25) is 0 Å².